The fourth-order valence-corrected chi connectivity index (χ4v) is 3.19. The zero-order valence-corrected chi connectivity index (χ0v) is 9.77. The zero-order valence-electron chi connectivity index (χ0n) is 7.37. The number of rotatable bonds is 3. The van der Waals surface area contributed by atoms with Crippen molar-refractivity contribution < 1.29 is 5.11 Å². The highest BCUT2D eigenvalue weighted by Gasteiger charge is 2.25. The SMILES string of the molecule is OC(Cc1ccc(Br)s1)C1CCC1. The molecule has 0 spiro atoms. The number of aliphatic hydroxyl groups excluding tert-OH is 1. The minimum Gasteiger partial charge on any atom is -0.392 e. The van der Waals surface area contributed by atoms with E-state index in [-0.39, 0.29) is 6.10 Å². The van der Waals surface area contributed by atoms with Crippen LogP contribution in [0.4, 0.5) is 0 Å². The van der Waals surface area contributed by atoms with E-state index in [1.165, 1.54) is 24.1 Å². The van der Waals surface area contributed by atoms with Gasteiger partial charge in [-0.25, -0.2) is 0 Å². The van der Waals surface area contributed by atoms with Gasteiger partial charge in [0, 0.05) is 11.3 Å². The van der Waals surface area contributed by atoms with E-state index in [1.54, 1.807) is 11.3 Å². The van der Waals surface area contributed by atoms with Crippen LogP contribution in [0.3, 0.4) is 0 Å². The lowest BCUT2D eigenvalue weighted by molar-refractivity contribution is 0.0636. The van der Waals surface area contributed by atoms with E-state index in [1.807, 2.05) is 6.07 Å². The molecule has 13 heavy (non-hydrogen) atoms. The monoisotopic (exact) mass is 260 g/mol. The Labute approximate surface area is 90.9 Å². The van der Waals surface area contributed by atoms with Crippen LogP contribution in [0.2, 0.25) is 0 Å². The molecule has 0 aliphatic heterocycles. The molecule has 1 fully saturated rings. The van der Waals surface area contributed by atoms with E-state index in [0.29, 0.717) is 5.92 Å². The fourth-order valence-electron chi connectivity index (χ4n) is 1.66. The van der Waals surface area contributed by atoms with Gasteiger partial charge in [-0.3, -0.25) is 0 Å². The number of aliphatic hydroxyl groups is 1. The molecule has 1 aliphatic rings. The molecule has 1 saturated carbocycles. The van der Waals surface area contributed by atoms with Crippen LogP contribution in [0.15, 0.2) is 15.9 Å². The van der Waals surface area contributed by atoms with E-state index < -0.39 is 0 Å². The molecule has 1 heterocycles. The second-order valence-corrected chi connectivity index (χ2v) is 6.22. The molecule has 0 amide bonds. The molecule has 1 atom stereocenters. The van der Waals surface area contributed by atoms with Gasteiger partial charge in [0.25, 0.3) is 0 Å². The summed E-state index contributed by atoms with van der Waals surface area (Å²) in [6.45, 7) is 0. The topological polar surface area (TPSA) is 20.2 Å². The zero-order chi connectivity index (χ0) is 9.26. The second kappa shape index (κ2) is 4.11. The third-order valence-corrected chi connectivity index (χ3v) is 4.38. The molecule has 1 aliphatic carbocycles. The van der Waals surface area contributed by atoms with Gasteiger partial charge in [-0.15, -0.1) is 11.3 Å². The number of hydrogen-bond acceptors (Lipinski definition) is 2. The molecule has 3 heteroatoms. The molecule has 2 rings (SSSR count). The summed E-state index contributed by atoms with van der Waals surface area (Å²) in [6.07, 6.45) is 4.46. The molecule has 0 saturated heterocycles. The summed E-state index contributed by atoms with van der Waals surface area (Å²) in [6, 6.07) is 4.14. The Bertz CT molecular complexity index is 280. The summed E-state index contributed by atoms with van der Waals surface area (Å²) in [5.41, 5.74) is 0. The van der Waals surface area contributed by atoms with E-state index in [2.05, 4.69) is 22.0 Å². The summed E-state index contributed by atoms with van der Waals surface area (Å²) < 4.78 is 1.16. The number of hydrogen-bond donors (Lipinski definition) is 1. The molecule has 1 nitrogen and oxygen atoms in total. The van der Waals surface area contributed by atoms with Gasteiger partial charge in [-0.05, 0) is 46.8 Å². The fraction of sp³-hybridized carbons (Fsp3) is 0.600. The van der Waals surface area contributed by atoms with E-state index in [4.69, 9.17) is 0 Å². The van der Waals surface area contributed by atoms with Gasteiger partial charge in [0.1, 0.15) is 0 Å². The Morgan fingerprint density at radius 3 is 2.77 bits per heavy atom. The Balaban J connectivity index is 1.89. The summed E-state index contributed by atoms with van der Waals surface area (Å²) >= 11 is 5.15. The lowest BCUT2D eigenvalue weighted by atomic mass is 9.80. The molecule has 72 valence electrons. The van der Waals surface area contributed by atoms with Crippen molar-refractivity contribution in [3.8, 4) is 0 Å². The van der Waals surface area contributed by atoms with Crippen LogP contribution >= 0.6 is 27.3 Å². The maximum absolute atomic E-state index is 9.82. The van der Waals surface area contributed by atoms with Crippen molar-refractivity contribution in [2.45, 2.75) is 31.8 Å². The van der Waals surface area contributed by atoms with Gasteiger partial charge in [0.15, 0.2) is 0 Å². The van der Waals surface area contributed by atoms with Crippen LogP contribution in [0.1, 0.15) is 24.1 Å². The summed E-state index contributed by atoms with van der Waals surface area (Å²) in [5.74, 6) is 0.570. The van der Waals surface area contributed by atoms with E-state index in [9.17, 15) is 5.11 Å². The highest BCUT2D eigenvalue weighted by Crippen LogP contribution is 2.32. The first-order valence-electron chi connectivity index (χ1n) is 4.68. The van der Waals surface area contributed by atoms with Crippen LogP contribution in [0.25, 0.3) is 0 Å². The molecule has 1 unspecified atom stereocenters. The standard InChI is InChI=1S/C10H13BrOS/c11-10-5-4-8(13-10)6-9(12)7-2-1-3-7/h4-5,7,9,12H,1-3,6H2. The smallest absolute Gasteiger partial charge is 0.0701 e. The normalized spacial score (nSPS) is 19.8. The maximum Gasteiger partial charge on any atom is 0.0701 e. The van der Waals surface area contributed by atoms with Gasteiger partial charge >= 0.3 is 0 Å². The molecule has 1 N–H and O–H groups in total. The van der Waals surface area contributed by atoms with Gasteiger partial charge in [-0.2, -0.15) is 0 Å². The Morgan fingerprint density at radius 2 is 2.31 bits per heavy atom. The third kappa shape index (κ3) is 2.33. The summed E-state index contributed by atoms with van der Waals surface area (Å²) in [4.78, 5) is 1.28. The largest absolute Gasteiger partial charge is 0.392 e. The van der Waals surface area contributed by atoms with Crippen molar-refractivity contribution in [1.82, 2.24) is 0 Å². The predicted molar refractivity (Wildman–Crippen MR) is 59.1 cm³/mol. The minimum atomic E-state index is -0.112. The van der Waals surface area contributed by atoms with Crippen LogP contribution in [-0.4, -0.2) is 11.2 Å². The van der Waals surface area contributed by atoms with Gasteiger partial charge in [0.2, 0.25) is 0 Å². The van der Waals surface area contributed by atoms with Crippen LogP contribution in [0, 0.1) is 5.92 Å². The van der Waals surface area contributed by atoms with E-state index >= 15 is 0 Å². The Kier molecular flexibility index (Phi) is 3.06. The van der Waals surface area contributed by atoms with Crippen molar-refractivity contribution >= 4 is 27.3 Å². The van der Waals surface area contributed by atoms with Crippen molar-refractivity contribution in [3.05, 3.63) is 20.8 Å². The van der Waals surface area contributed by atoms with Crippen LogP contribution < -0.4 is 0 Å². The Hall–Kier alpha value is 0.140. The summed E-state index contributed by atoms with van der Waals surface area (Å²) in [5, 5.41) is 9.82. The van der Waals surface area contributed by atoms with Crippen molar-refractivity contribution in [2.24, 2.45) is 5.92 Å². The molecular weight excluding hydrogens is 248 g/mol. The summed E-state index contributed by atoms with van der Waals surface area (Å²) in [7, 11) is 0. The van der Waals surface area contributed by atoms with Crippen molar-refractivity contribution in [3.63, 3.8) is 0 Å². The van der Waals surface area contributed by atoms with Gasteiger partial charge in [0.05, 0.1) is 9.89 Å². The van der Waals surface area contributed by atoms with Crippen molar-refractivity contribution in [2.75, 3.05) is 0 Å². The average molecular weight is 261 g/mol. The molecule has 0 radical (unpaired) electrons. The average Bonchev–Trinajstić information content (AvgIpc) is 2.31. The second-order valence-electron chi connectivity index (χ2n) is 3.67. The first-order chi connectivity index (χ1) is 6.25. The first-order valence-corrected chi connectivity index (χ1v) is 6.29. The predicted octanol–water partition coefficient (Wildman–Crippen LogP) is 3.21. The van der Waals surface area contributed by atoms with Gasteiger partial charge in [-0.1, -0.05) is 6.42 Å². The van der Waals surface area contributed by atoms with E-state index in [0.717, 1.165) is 10.2 Å². The number of thiophene rings is 1. The molecule has 0 bridgehead atoms. The first kappa shape index (κ1) is 9.69. The Morgan fingerprint density at radius 1 is 1.54 bits per heavy atom. The quantitative estimate of drug-likeness (QED) is 0.885. The minimum absolute atomic E-state index is 0.112. The molecule has 1 aromatic rings. The maximum atomic E-state index is 9.82. The van der Waals surface area contributed by atoms with Crippen molar-refractivity contribution in [1.29, 1.82) is 0 Å². The molecule has 0 aromatic carbocycles. The highest BCUT2D eigenvalue weighted by atomic mass is 79.9. The van der Waals surface area contributed by atoms with Gasteiger partial charge < -0.3 is 5.11 Å². The lowest BCUT2D eigenvalue weighted by Gasteiger charge is -2.29. The number of halogens is 1. The van der Waals surface area contributed by atoms with Crippen LogP contribution in [0.5, 0.6) is 0 Å². The van der Waals surface area contributed by atoms with Crippen LogP contribution in [-0.2, 0) is 6.42 Å². The molecule has 1 aromatic heterocycles. The third-order valence-electron chi connectivity index (χ3n) is 2.73. The highest BCUT2D eigenvalue weighted by molar-refractivity contribution is 9.11. The lowest BCUT2D eigenvalue weighted by Crippen LogP contribution is -2.28. The molecular formula is C10H13BrOS.